The summed E-state index contributed by atoms with van der Waals surface area (Å²) in [5, 5.41) is 0.892. The van der Waals surface area contributed by atoms with Gasteiger partial charge in [-0.25, -0.2) is 4.99 Å². The van der Waals surface area contributed by atoms with Crippen molar-refractivity contribution < 1.29 is 4.79 Å². The van der Waals surface area contributed by atoms with Gasteiger partial charge < -0.3 is 5.73 Å². The van der Waals surface area contributed by atoms with Crippen LogP contribution in [0.25, 0.3) is 0 Å². The molecule has 6 heteroatoms. The molecule has 0 saturated heterocycles. The lowest BCUT2D eigenvalue weighted by Crippen LogP contribution is -2.25. The molecule has 0 bridgehead atoms. The molecule has 0 fully saturated rings. The molecule has 17 heavy (non-hydrogen) atoms. The number of aliphatic imine (C=N–C) groups is 2. The van der Waals surface area contributed by atoms with Gasteiger partial charge in [-0.1, -0.05) is 11.8 Å². The van der Waals surface area contributed by atoms with Gasteiger partial charge in [-0.05, 0) is 24.3 Å². The summed E-state index contributed by atoms with van der Waals surface area (Å²) in [7, 11) is 0. The number of thioether (sulfide) groups is 2. The lowest BCUT2D eigenvalue weighted by molar-refractivity contribution is -0.118. The van der Waals surface area contributed by atoms with Crippen LogP contribution < -0.4 is 5.73 Å². The first-order valence-corrected chi connectivity index (χ1v) is 7.43. The van der Waals surface area contributed by atoms with Gasteiger partial charge in [0.25, 0.3) is 5.91 Å². The number of hydrogen-bond acceptors (Lipinski definition) is 5. The van der Waals surface area contributed by atoms with E-state index in [1.807, 2.05) is 13.8 Å². The molecule has 1 amide bonds. The van der Waals surface area contributed by atoms with E-state index < -0.39 is 0 Å². The monoisotopic (exact) mass is 269 g/mol. The summed E-state index contributed by atoms with van der Waals surface area (Å²) in [6.45, 7) is 4.65. The fourth-order valence-electron chi connectivity index (χ4n) is 1.72. The minimum absolute atomic E-state index is 0.0693. The minimum Gasteiger partial charge on any atom is -0.330 e. The van der Waals surface area contributed by atoms with Crippen LogP contribution in [0.4, 0.5) is 0 Å². The molecule has 0 spiro atoms. The molecule has 0 saturated carbocycles. The molecule has 2 N–H and O–H groups in total. The van der Waals surface area contributed by atoms with Gasteiger partial charge in [0, 0.05) is 12.3 Å². The third kappa shape index (κ3) is 2.64. The van der Waals surface area contributed by atoms with Crippen molar-refractivity contribution in [3.05, 3.63) is 10.5 Å². The molecular formula is C11H15N3OS2. The third-order valence-electron chi connectivity index (χ3n) is 2.71. The first kappa shape index (κ1) is 12.9. The predicted molar refractivity (Wildman–Crippen MR) is 75.7 cm³/mol. The molecule has 2 aliphatic heterocycles. The molecular weight excluding hydrogens is 254 g/mol. The van der Waals surface area contributed by atoms with Crippen LogP contribution in [-0.4, -0.2) is 34.8 Å². The van der Waals surface area contributed by atoms with E-state index in [2.05, 4.69) is 9.98 Å². The van der Waals surface area contributed by atoms with Crippen molar-refractivity contribution in [3.63, 3.8) is 0 Å². The fraction of sp³-hybridized carbons (Fsp3) is 0.545. The summed E-state index contributed by atoms with van der Waals surface area (Å²) in [4.78, 5) is 21.6. The van der Waals surface area contributed by atoms with E-state index in [4.69, 9.17) is 5.73 Å². The Hall–Kier alpha value is -0.590. The molecule has 0 radical (unpaired) electrons. The molecule has 0 aromatic heterocycles. The van der Waals surface area contributed by atoms with Crippen molar-refractivity contribution in [2.45, 2.75) is 13.8 Å². The maximum atomic E-state index is 11.9. The second-order valence-electron chi connectivity index (χ2n) is 3.93. The summed E-state index contributed by atoms with van der Waals surface area (Å²) in [6.07, 6.45) is 0. The maximum absolute atomic E-state index is 11.9. The zero-order valence-electron chi connectivity index (χ0n) is 9.90. The van der Waals surface area contributed by atoms with Gasteiger partial charge in [0.15, 0.2) is 0 Å². The van der Waals surface area contributed by atoms with E-state index in [-0.39, 0.29) is 11.8 Å². The molecule has 92 valence electrons. The second kappa shape index (κ2) is 5.37. The number of amides is 1. The van der Waals surface area contributed by atoms with Crippen LogP contribution in [0.15, 0.2) is 20.5 Å². The molecule has 0 aliphatic carbocycles. The Bertz CT molecular complexity index is 440. The number of hydrogen-bond donors (Lipinski definition) is 1. The lowest BCUT2D eigenvalue weighted by atomic mass is 10.0. The van der Waals surface area contributed by atoms with Gasteiger partial charge in [-0.15, -0.1) is 0 Å². The van der Waals surface area contributed by atoms with Gasteiger partial charge in [-0.3, -0.25) is 4.79 Å². The Morgan fingerprint density at radius 2 is 2.18 bits per heavy atom. The average molecular weight is 269 g/mol. The van der Waals surface area contributed by atoms with Crippen LogP contribution in [0, 0.1) is 5.92 Å². The van der Waals surface area contributed by atoms with E-state index in [9.17, 15) is 4.79 Å². The van der Waals surface area contributed by atoms with E-state index in [0.717, 1.165) is 16.4 Å². The zero-order valence-corrected chi connectivity index (χ0v) is 11.5. The Morgan fingerprint density at radius 3 is 2.88 bits per heavy atom. The van der Waals surface area contributed by atoms with Crippen LogP contribution in [-0.2, 0) is 4.79 Å². The van der Waals surface area contributed by atoms with E-state index in [1.54, 1.807) is 23.5 Å². The van der Waals surface area contributed by atoms with Crippen LogP contribution in [0.1, 0.15) is 13.8 Å². The highest BCUT2D eigenvalue weighted by Crippen LogP contribution is 2.39. The van der Waals surface area contributed by atoms with Crippen molar-refractivity contribution in [3.8, 4) is 0 Å². The van der Waals surface area contributed by atoms with Crippen molar-refractivity contribution in [2.75, 3.05) is 18.1 Å². The smallest absolute Gasteiger partial charge is 0.261 e. The maximum Gasteiger partial charge on any atom is 0.261 e. The highest BCUT2D eigenvalue weighted by Gasteiger charge is 2.36. The molecule has 2 rings (SSSR count). The number of nitrogens with zero attached hydrogens (tertiary/aromatic N) is 2. The molecule has 4 nitrogen and oxygen atoms in total. The van der Waals surface area contributed by atoms with Gasteiger partial charge in [0.2, 0.25) is 0 Å². The quantitative estimate of drug-likeness (QED) is 0.788. The summed E-state index contributed by atoms with van der Waals surface area (Å²) in [5.74, 6) is 1.89. The van der Waals surface area contributed by atoms with Crippen molar-refractivity contribution >= 4 is 40.3 Å². The number of allylic oxidation sites excluding steroid dienone is 1. The molecule has 2 aliphatic rings. The molecule has 0 aromatic rings. The SMILES string of the molecule is CC1=C(C)C2C(=O)N=C(CSCCN)N=C2S1. The van der Waals surface area contributed by atoms with Crippen LogP contribution in [0.2, 0.25) is 0 Å². The average Bonchev–Trinajstić information content (AvgIpc) is 2.55. The van der Waals surface area contributed by atoms with E-state index in [1.165, 1.54) is 4.91 Å². The van der Waals surface area contributed by atoms with Crippen LogP contribution >= 0.6 is 23.5 Å². The summed E-state index contributed by atoms with van der Waals surface area (Å²) in [5.41, 5.74) is 6.51. The third-order valence-corrected chi connectivity index (χ3v) is 4.86. The first-order valence-electron chi connectivity index (χ1n) is 5.46. The van der Waals surface area contributed by atoms with Gasteiger partial charge >= 0.3 is 0 Å². The van der Waals surface area contributed by atoms with Gasteiger partial charge in [0.1, 0.15) is 11.8 Å². The number of fused-ring (bicyclic) bond motifs is 1. The number of carbonyl (C=O) groups excluding carboxylic acids is 1. The number of carbonyl (C=O) groups is 1. The van der Waals surface area contributed by atoms with Crippen molar-refractivity contribution in [2.24, 2.45) is 21.6 Å². The fourth-order valence-corrected chi connectivity index (χ4v) is 3.48. The number of rotatable bonds is 4. The topological polar surface area (TPSA) is 67.8 Å². The van der Waals surface area contributed by atoms with E-state index in [0.29, 0.717) is 18.1 Å². The van der Waals surface area contributed by atoms with E-state index >= 15 is 0 Å². The van der Waals surface area contributed by atoms with Crippen LogP contribution in [0.3, 0.4) is 0 Å². The first-order chi connectivity index (χ1) is 8.13. The Morgan fingerprint density at radius 1 is 1.41 bits per heavy atom. The lowest BCUT2D eigenvalue weighted by Gasteiger charge is -2.14. The van der Waals surface area contributed by atoms with Gasteiger partial charge in [0.05, 0.1) is 10.8 Å². The van der Waals surface area contributed by atoms with Gasteiger partial charge in [-0.2, -0.15) is 16.8 Å². The van der Waals surface area contributed by atoms with Crippen molar-refractivity contribution in [1.82, 2.24) is 0 Å². The Kier molecular flexibility index (Phi) is 4.06. The Labute approximate surface area is 109 Å². The number of nitrogens with two attached hydrogens (primary N) is 1. The Balaban J connectivity index is 2.09. The molecule has 1 unspecified atom stereocenters. The normalized spacial score (nSPS) is 23.7. The molecule has 2 heterocycles. The van der Waals surface area contributed by atoms with Crippen molar-refractivity contribution in [1.29, 1.82) is 0 Å². The zero-order chi connectivity index (χ0) is 12.4. The van der Waals surface area contributed by atoms with Crippen LogP contribution in [0.5, 0.6) is 0 Å². The predicted octanol–water partition coefficient (Wildman–Crippen LogP) is 1.67. The summed E-state index contributed by atoms with van der Waals surface area (Å²) in [6, 6.07) is 0. The highest BCUT2D eigenvalue weighted by molar-refractivity contribution is 8.17. The molecule has 0 aromatic carbocycles. The summed E-state index contributed by atoms with van der Waals surface area (Å²) < 4.78 is 0. The highest BCUT2D eigenvalue weighted by atomic mass is 32.2. The summed E-state index contributed by atoms with van der Waals surface area (Å²) >= 11 is 3.26. The number of amidine groups is 1. The standard InChI is InChI=1S/C11H15N3OS2/c1-6-7(2)17-11-9(6)10(15)13-8(14-11)5-16-4-3-12/h9H,3-5,12H2,1-2H3. The minimum atomic E-state index is -0.205. The molecule has 1 atom stereocenters. The second-order valence-corrected chi connectivity index (χ2v) is 6.27. The largest absolute Gasteiger partial charge is 0.330 e.